The summed E-state index contributed by atoms with van der Waals surface area (Å²) in [7, 11) is 3.08. The van der Waals surface area contributed by atoms with Crippen molar-refractivity contribution in [2.24, 2.45) is 0 Å². The molecule has 0 aliphatic carbocycles. The molecule has 0 bridgehead atoms. The largest absolute Gasteiger partial charge is 0.493 e. The van der Waals surface area contributed by atoms with Crippen LogP contribution in [0.15, 0.2) is 59.1 Å². The Kier molecular flexibility index (Phi) is 6.69. The van der Waals surface area contributed by atoms with Crippen LogP contribution in [0.25, 0.3) is 6.08 Å². The molecular weight excluding hydrogens is 468 g/mol. The lowest BCUT2D eigenvalue weighted by molar-refractivity contribution is -0.122. The number of carbonyl (C=O) groups excluding carboxylic acids is 2. The van der Waals surface area contributed by atoms with Gasteiger partial charge in [-0.15, -0.1) is 6.58 Å². The zero-order valence-electron chi connectivity index (χ0n) is 16.4. The molecule has 6 nitrogen and oxygen atoms in total. The molecule has 3 rings (SSSR count). The van der Waals surface area contributed by atoms with Crippen LogP contribution in [0.5, 0.6) is 11.5 Å². The van der Waals surface area contributed by atoms with Gasteiger partial charge in [-0.3, -0.25) is 19.8 Å². The quantitative estimate of drug-likeness (QED) is 0.289. The number of thiocarbonyl (C=S) groups is 1. The molecule has 1 aliphatic heterocycles. The second-order valence-corrected chi connectivity index (χ2v) is 7.65. The maximum atomic E-state index is 13.2. The van der Waals surface area contributed by atoms with Gasteiger partial charge in [-0.1, -0.05) is 28.1 Å². The molecule has 1 fully saturated rings. The number of nitrogens with zero attached hydrogens (tertiary/aromatic N) is 1. The molecule has 1 saturated heterocycles. The van der Waals surface area contributed by atoms with Gasteiger partial charge in [0.25, 0.3) is 11.8 Å². The third kappa shape index (κ3) is 4.29. The average Bonchev–Trinajstić information content (AvgIpc) is 2.71. The first-order valence-electron chi connectivity index (χ1n) is 8.92. The van der Waals surface area contributed by atoms with Gasteiger partial charge in [-0.05, 0) is 60.6 Å². The number of nitrogens with one attached hydrogen (secondary N) is 1. The summed E-state index contributed by atoms with van der Waals surface area (Å²) in [5.41, 5.74) is 1.94. The van der Waals surface area contributed by atoms with Crippen LogP contribution in [0.2, 0.25) is 0 Å². The molecule has 8 heteroatoms. The molecule has 2 aromatic rings. The Hall–Kier alpha value is -2.97. The van der Waals surface area contributed by atoms with E-state index >= 15 is 0 Å². The maximum Gasteiger partial charge on any atom is 0.270 e. The summed E-state index contributed by atoms with van der Waals surface area (Å²) in [6.45, 7) is 3.76. The van der Waals surface area contributed by atoms with E-state index in [0.29, 0.717) is 29.2 Å². The smallest absolute Gasteiger partial charge is 0.270 e. The highest BCUT2D eigenvalue weighted by Crippen LogP contribution is 2.34. The first-order valence-corrected chi connectivity index (χ1v) is 10.1. The number of hydrogen-bond donors (Lipinski definition) is 1. The van der Waals surface area contributed by atoms with Crippen molar-refractivity contribution in [2.75, 3.05) is 19.1 Å². The Morgan fingerprint density at radius 3 is 2.60 bits per heavy atom. The minimum atomic E-state index is -0.559. The van der Waals surface area contributed by atoms with E-state index < -0.39 is 11.8 Å². The molecule has 0 atom stereocenters. The standard InChI is InChI=1S/C22H19BrN2O4S/c1-4-6-14-9-13(11-18(28-2)19(14)29-3)10-17-20(26)24-22(30)25(21(17)27)16-8-5-7-15(23)12-16/h4-5,7-12H,1,6H2,2-3H3,(H,24,26,30)/b17-10+. The van der Waals surface area contributed by atoms with E-state index in [4.69, 9.17) is 21.7 Å². The van der Waals surface area contributed by atoms with Crippen molar-refractivity contribution >= 4 is 56.8 Å². The highest BCUT2D eigenvalue weighted by molar-refractivity contribution is 9.10. The van der Waals surface area contributed by atoms with E-state index in [1.165, 1.54) is 18.1 Å². The highest BCUT2D eigenvalue weighted by atomic mass is 79.9. The number of methoxy groups -OCH3 is 2. The topological polar surface area (TPSA) is 67.9 Å². The van der Waals surface area contributed by atoms with Gasteiger partial charge in [0, 0.05) is 10.0 Å². The fourth-order valence-corrected chi connectivity index (χ4v) is 3.80. The van der Waals surface area contributed by atoms with E-state index in [2.05, 4.69) is 27.8 Å². The zero-order chi connectivity index (χ0) is 21.8. The molecule has 2 amide bonds. The average molecular weight is 487 g/mol. The predicted octanol–water partition coefficient (Wildman–Crippen LogP) is 4.03. The Labute approximate surface area is 188 Å². The van der Waals surface area contributed by atoms with Gasteiger partial charge in [0.05, 0.1) is 19.9 Å². The number of ether oxygens (including phenoxy) is 2. The summed E-state index contributed by atoms with van der Waals surface area (Å²) in [6, 6.07) is 10.6. The monoisotopic (exact) mass is 486 g/mol. The van der Waals surface area contributed by atoms with Crippen molar-refractivity contribution in [2.45, 2.75) is 6.42 Å². The molecule has 30 heavy (non-hydrogen) atoms. The second kappa shape index (κ2) is 9.23. The third-order valence-corrected chi connectivity index (χ3v) is 5.20. The van der Waals surface area contributed by atoms with E-state index in [9.17, 15) is 9.59 Å². The van der Waals surface area contributed by atoms with Crippen molar-refractivity contribution in [3.8, 4) is 11.5 Å². The van der Waals surface area contributed by atoms with Crippen LogP contribution >= 0.6 is 28.1 Å². The van der Waals surface area contributed by atoms with Crippen LogP contribution in [0.3, 0.4) is 0 Å². The van der Waals surface area contributed by atoms with Crippen LogP contribution in [0.4, 0.5) is 5.69 Å². The number of halogens is 1. The molecular formula is C22H19BrN2O4S. The van der Waals surface area contributed by atoms with Gasteiger partial charge < -0.3 is 9.47 Å². The van der Waals surface area contributed by atoms with Crippen LogP contribution < -0.4 is 19.7 Å². The zero-order valence-corrected chi connectivity index (χ0v) is 18.8. The molecule has 154 valence electrons. The number of anilines is 1. The summed E-state index contributed by atoms with van der Waals surface area (Å²) in [4.78, 5) is 27.0. The van der Waals surface area contributed by atoms with Crippen molar-refractivity contribution in [3.05, 3.63) is 70.2 Å². The van der Waals surface area contributed by atoms with E-state index in [1.54, 1.807) is 37.5 Å². The lowest BCUT2D eigenvalue weighted by Gasteiger charge is -2.29. The SMILES string of the molecule is C=CCc1cc(/C=C2\C(=O)NC(=S)N(c3cccc(Br)c3)C2=O)cc(OC)c1OC. The number of hydrogen-bond acceptors (Lipinski definition) is 5. The first-order chi connectivity index (χ1) is 14.4. The molecule has 1 heterocycles. The van der Waals surface area contributed by atoms with E-state index in [-0.39, 0.29) is 10.7 Å². The third-order valence-electron chi connectivity index (χ3n) is 4.42. The van der Waals surface area contributed by atoms with E-state index in [1.807, 2.05) is 12.1 Å². The van der Waals surface area contributed by atoms with Crippen LogP contribution in [-0.4, -0.2) is 31.1 Å². The number of rotatable bonds is 6. The van der Waals surface area contributed by atoms with Crippen LogP contribution in [-0.2, 0) is 16.0 Å². The fraction of sp³-hybridized carbons (Fsp3) is 0.136. The van der Waals surface area contributed by atoms with Crippen molar-refractivity contribution in [1.82, 2.24) is 5.32 Å². The number of amides is 2. The Morgan fingerprint density at radius 1 is 1.20 bits per heavy atom. The van der Waals surface area contributed by atoms with Gasteiger partial charge in [0.2, 0.25) is 0 Å². The summed E-state index contributed by atoms with van der Waals surface area (Å²) in [5.74, 6) is 0.000791. The fourth-order valence-electron chi connectivity index (χ4n) is 3.13. The van der Waals surface area contributed by atoms with Crippen molar-refractivity contribution < 1.29 is 19.1 Å². The summed E-state index contributed by atoms with van der Waals surface area (Å²) in [5, 5.41) is 2.61. The maximum absolute atomic E-state index is 13.2. The normalized spacial score (nSPS) is 15.2. The number of allylic oxidation sites excluding steroid dienone is 1. The molecule has 0 unspecified atom stereocenters. The summed E-state index contributed by atoms with van der Waals surface area (Å²) >= 11 is 8.62. The van der Waals surface area contributed by atoms with Gasteiger partial charge in [0.15, 0.2) is 16.6 Å². The van der Waals surface area contributed by atoms with Gasteiger partial charge >= 0.3 is 0 Å². The summed E-state index contributed by atoms with van der Waals surface area (Å²) < 4.78 is 11.6. The molecule has 2 aromatic carbocycles. The number of carbonyl (C=O) groups is 2. The van der Waals surface area contributed by atoms with Gasteiger partial charge in [-0.2, -0.15) is 0 Å². The molecule has 0 spiro atoms. The predicted molar refractivity (Wildman–Crippen MR) is 124 cm³/mol. The molecule has 0 aromatic heterocycles. The minimum Gasteiger partial charge on any atom is -0.493 e. The minimum absolute atomic E-state index is 0.0277. The molecule has 1 N–H and O–H groups in total. The lowest BCUT2D eigenvalue weighted by Crippen LogP contribution is -2.54. The Bertz CT molecular complexity index is 1080. The van der Waals surface area contributed by atoms with E-state index in [0.717, 1.165) is 10.0 Å². The van der Waals surface area contributed by atoms with Crippen LogP contribution in [0, 0.1) is 0 Å². The first kappa shape index (κ1) is 21.7. The second-order valence-electron chi connectivity index (χ2n) is 6.35. The lowest BCUT2D eigenvalue weighted by atomic mass is 10.0. The Morgan fingerprint density at radius 2 is 1.97 bits per heavy atom. The Balaban J connectivity index is 2.08. The molecule has 1 aliphatic rings. The summed E-state index contributed by atoms with van der Waals surface area (Å²) in [6.07, 6.45) is 3.78. The van der Waals surface area contributed by atoms with Gasteiger partial charge in [-0.25, -0.2) is 0 Å². The van der Waals surface area contributed by atoms with Gasteiger partial charge in [0.1, 0.15) is 5.57 Å². The number of benzene rings is 2. The van der Waals surface area contributed by atoms with Crippen LogP contribution in [0.1, 0.15) is 11.1 Å². The van der Waals surface area contributed by atoms with Crippen molar-refractivity contribution in [1.29, 1.82) is 0 Å². The van der Waals surface area contributed by atoms with Crippen molar-refractivity contribution in [3.63, 3.8) is 0 Å². The molecule has 0 radical (unpaired) electrons. The highest BCUT2D eigenvalue weighted by Gasteiger charge is 2.34. The molecule has 0 saturated carbocycles.